The Morgan fingerprint density at radius 1 is 0.435 bits per heavy atom. The van der Waals surface area contributed by atoms with Gasteiger partial charge in [0.2, 0.25) is 0 Å². The summed E-state index contributed by atoms with van der Waals surface area (Å²) in [7, 11) is 0. The first-order chi connectivity index (χ1) is 10.9. The van der Waals surface area contributed by atoms with E-state index in [9.17, 15) is 0 Å². The molecule has 0 saturated heterocycles. The van der Waals surface area contributed by atoms with Gasteiger partial charge in [-0.2, -0.15) is 0 Å². The molecule has 0 unspecified atom stereocenters. The molecule has 2 heteroatoms. The standard InChI is InChI=1S/3C7H7.H2O.Sn/c3*1-7-5-3-2-4-6-7;;/h3*2-6H,1H2;1H2;. The topological polar surface area (TPSA) is 31.5 Å². The number of hydrogen-bond acceptors (Lipinski definition) is 0. The summed E-state index contributed by atoms with van der Waals surface area (Å²) in [4.78, 5) is 0. The molecule has 0 aromatic heterocycles. The number of benzene rings is 3. The molecule has 0 atom stereocenters. The Balaban J connectivity index is 0.00000192. The van der Waals surface area contributed by atoms with E-state index < -0.39 is 19.8 Å². The van der Waals surface area contributed by atoms with Crippen molar-refractivity contribution < 1.29 is 5.48 Å². The van der Waals surface area contributed by atoms with Crippen molar-refractivity contribution >= 4 is 19.8 Å². The second-order valence-corrected chi connectivity index (χ2v) is 13.0. The van der Waals surface area contributed by atoms with Crippen LogP contribution in [-0.2, 0) is 13.3 Å². The van der Waals surface area contributed by atoms with Gasteiger partial charge in [-0.15, -0.1) is 0 Å². The molecule has 1 radical (unpaired) electrons. The second kappa shape index (κ2) is 9.53. The molecular formula is C21H23OSn. The summed E-state index contributed by atoms with van der Waals surface area (Å²) in [6.45, 7) is 0. The Labute approximate surface area is 146 Å². The molecule has 0 heterocycles. The van der Waals surface area contributed by atoms with Crippen LogP contribution in [0.3, 0.4) is 0 Å². The van der Waals surface area contributed by atoms with Crippen molar-refractivity contribution in [3.05, 3.63) is 108 Å². The van der Waals surface area contributed by atoms with Crippen LogP contribution in [0, 0.1) is 0 Å². The van der Waals surface area contributed by atoms with Crippen LogP contribution >= 0.6 is 0 Å². The molecule has 0 amide bonds. The van der Waals surface area contributed by atoms with E-state index in [1.54, 1.807) is 0 Å². The van der Waals surface area contributed by atoms with Gasteiger partial charge in [-0.25, -0.2) is 0 Å². The molecule has 0 bridgehead atoms. The molecule has 3 aromatic carbocycles. The molecule has 117 valence electrons. The van der Waals surface area contributed by atoms with Crippen LogP contribution in [0.15, 0.2) is 91.0 Å². The molecular weight excluding hydrogens is 387 g/mol. The van der Waals surface area contributed by atoms with E-state index >= 15 is 0 Å². The molecule has 0 spiro atoms. The van der Waals surface area contributed by atoms with Crippen molar-refractivity contribution in [1.29, 1.82) is 0 Å². The summed E-state index contributed by atoms with van der Waals surface area (Å²) in [6.07, 6.45) is 0. The quantitative estimate of drug-likeness (QED) is 0.551. The zero-order valence-electron chi connectivity index (χ0n) is 13.3. The molecule has 1 nitrogen and oxygen atoms in total. The Morgan fingerprint density at radius 2 is 0.696 bits per heavy atom. The van der Waals surface area contributed by atoms with Gasteiger partial charge >= 0.3 is 141 Å². The van der Waals surface area contributed by atoms with Gasteiger partial charge in [0.25, 0.3) is 0 Å². The molecule has 23 heavy (non-hydrogen) atoms. The van der Waals surface area contributed by atoms with Crippen LogP contribution in [0.25, 0.3) is 0 Å². The summed E-state index contributed by atoms with van der Waals surface area (Å²) < 4.78 is 3.98. The maximum atomic E-state index is 2.29. The van der Waals surface area contributed by atoms with E-state index in [2.05, 4.69) is 91.0 Å². The molecule has 2 N–H and O–H groups in total. The first kappa shape index (κ1) is 17.8. The maximum absolute atomic E-state index is 2.29. The molecule has 0 aliphatic carbocycles. The van der Waals surface area contributed by atoms with Crippen LogP contribution in [0.4, 0.5) is 0 Å². The average Bonchev–Trinajstić information content (AvgIpc) is 2.57. The van der Waals surface area contributed by atoms with Gasteiger partial charge in [-0.1, -0.05) is 0 Å². The third-order valence-corrected chi connectivity index (χ3v) is 11.7. The second-order valence-electron chi connectivity index (χ2n) is 5.74. The van der Waals surface area contributed by atoms with Gasteiger partial charge in [0.05, 0.1) is 0 Å². The van der Waals surface area contributed by atoms with Crippen molar-refractivity contribution in [2.75, 3.05) is 0 Å². The van der Waals surface area contributed by atoms with Crippen LogP contribution in [-0.4, -0.2) is 25.2 Å². The molecule has 0 aliphatic rings. The van der Waals surface area contributed by atoms with Gasteiger partial charge in [0.1, 0.15) is 0 Å². The SMILES string of the molecule is O.c1ccc([CH2][Sn]([CH2]c2ccccc2)[CH2]c2ccccc2)cc1. The normalized spacial score (nSPS) is 10.3. The summed E-state index contributed by atoms with van der Waals surface area (Å²) in [5.74, 6) is 0. The monoisotopic (exact) mass is 411 g/mol. The van der Waals surface area contributed by atoms with Crippen LogP contribution in [0.5, 0.6) is 0 Å². The van der Waals surface area contributed by atoms with Gasteiger partial charge in [0.15, 0.2) is 0 Å². The molecule has 0 saturated carbocycles. The van der Waals surface area contributed by atoms with Gasteiger partial charge in [-0.3, -0.25) is 0 Å². The van der Waals surface area contributed by atoms with Crippen molar-refractivity contribution in [3.8, 4) is 0 Å². The fourth-order valence-corrected chi connectivity index (χ4v) is 10.9. The number of rotatable bonds is 6. The Bertz CT molecular complexity index is 569. The van der Waals surface area contributed by atoms with Crippen LogP contribution in [0.2, 0.25) is 0 Å². The van der Waals surface area contributed by atoms with Crippen molar-refractivity contribution in [3.63, 3.8) is 0 Å². The van der Waals surface area contributed by atoms with Crippen LogP contribution in [0.1, 0.15) is 16.7 Å². The van der Waals surface area contributed by atoms with E-state index in [1.165, 1.54) is 30.0 Å². The van der Waals surface area contributed by atoms with Gasteiger partial charge in [-0.05, 0) is 0 Å². The van der Waals surface area contributed by atoms with Crippen molar-refractivity contribution in [2.24, 2.45) is 0 Å². The van der Waals surface area contributed by atoms with Gasteiger partial charge < -0.3 is 5.48 Å². The summed E-state index contributed by atoms with van der Waals surface area (Å²) >= 11 is -1.56. The predicted octanol–water partition coefficient (Wildman–Crippen LogP) is 4.00. The fourth-order valence-electron chi connectivity index (χ4n) is 2.84. The van der Waals surface area contributed by atoms with E-state index in [-0.39, 0.29) is 5.48 Å². The van der Waals surface area contributed by atoms with Gasteiger partial charge in [0, 0.05) is 0 Å². The molecule has 3 rings (SSSR count). The van der Waals surface area contributed by atoms with E-state index in [1.807, 2.05) is 0 Å². The molecule has 0 fully saturated rings. The van der Waals surface area contributed by atoms with E-state index in [0.717, 1.165) is 0 Å². The third kappa shape index (κ3) is 5.85. The van der Waals surface area contributed by atoms with Crippen molar-refractivity contribution in [2.45, 2.75) is 13.3 Å². The fraction of sp³-hybridized carbons (Fsp3) is 0.143. The first-order valence-corrected chi connectivity index (χ1v) is 13.9. The van der Waals surface area contributed by atoms with E-state index in [4.69, 9.17) is 0 Å². The summed E-state index contributed by atoms with van der Waals surface area (Å²) in [6, 6.07) is 33.1. The van der Waals surface area contributed by atoms with Crippen LogP contribution < -0.4 is 0 Å². The first-order valence-electron chi connectivity index (χ1n) is 7.85. The average molecular weight is 410 g/mol. The zero-order valence-corrected chi connectivity index (χ0v) is 16.1. The molecule has 0 aliphatic heterocycles. The Hall–Kier alpha value is -1.58. The summed E-state index contributed by atoms with van der Waals surface area (Å²) in [5.41, 5.74) is 4.55. The Kier molecular flexibility index (Phi) is 7.36. The molecule has 3 aromatic rings. The van der Waals surface area contributed by atoms with Crippen molar-refractivity contribution in [1.82, 2.24) is 0 Å². The van der Waals surface area contributed by atoms with E-state index in [0.29, 0.717) is 0 Å². The summed E-state index contributed by atoms with van der Waals surface area (Å²) in [5, 5.41) is 0. The zero-order chi connectivity index (χ0) is 15.0. The Morgan fingerprint density at radius 3 is 0.957 bits per heavy atom. The number of hydrogen-bond donors (Lipinski definition) is 0. The predicted molar refractivity (Wildman–Crippen MR) is 99.8 cm³/mol. The minimum atomic E-state index is -1.56. The minimum absolute atomic E-state index is 0. The third-order valence-electron chi connectivity index (χ3n) is 3.89.